The second-order valence-corrected chi connectivity index (χ2v) is 4.31. The lowest BCUT2D eigenvalue weighted by Gasteiger charge is -2.37. The Labute approximate surface area is 111 Å². The molecule has 0 aliphatic carbocycles. The number of nitrogens with one attached hydrogen (secondary N) is 1. The van der Waals surface area contributed by atoms with Crippen LogP contribution in [-0.4, -0.2) is 78.8 Å². The minimum atomic E-state index is -1.10. The predicted octanol–water partition coefficient (Wildman–Crippen LogP) is -1.04. The van der Waals surface area contributed by atoms with E-state index in [-0.39, 0.29) is 19.1 Å². The predicted molar refractivity (Wildman–Crippen MR) is 65.6 cm³/mol. The van der Waals surface area contributed by atoms with Crippen molar-refractivity contribution in [1.29, 1.82) is 0 Å². The fraction of sp³-hybridized carbons (Fsp3) is 0.727. The summed E-state index contributed by atoms with van der Waals surface area (Å²) < 4.78 is 5.18. The van der Waals surface area contributed by atoms with Gasteiger partial charge in [-0.05, 0) is 6.92 Å². The fourth-order valence-corrected chi connectivity index (χ4v) is 1.75. The second-order valence-electron chi connectivity index (χ2n) is 4.31. The van der Waals surface area contributed by atoms with E-state index in [1.807, 2.05) is 0 Å². The van der Waals surface area contributed by atoms with Gasteiger partial charge in [0.05, 0.1) is 13.2 Å². The van der Waals surface area contributed by atoms with E-state index in [9.17, 15) is 14.4 Å². The van der Waals surface area contributed by atoms with Crippen molar-refractivity contribution in [2.45, 2.75) is 19.0 Å². The van der Waals surface area contributed by atoms with Crippen molar-refractivity contribution in [3.63, 3.8) is 0 Å². The van der Waals surface area contributed by atoms with Crippen LogP contribution in [0.15, 0.2) is 0 Å². The van der Waals surface area contributed by atoms with Crippen LogP contribution < -0.4 is 5.32 Å². The average molecular weight is 273 g/mol. The van der Waals surface area contributed by atoms with Crippen LogP contribution in [0, 0.1) is 0 Å². The molecule has 1 aliphatic heterocycles. The molecular weight excluding hydrogens is 254 g/mol. The standard InChI is InChI=1S/C11H19N3O5/c1-7(10(16)17)13(3)11(18)14-4-5-19-6-8(14)9(15)12-2/h7-8H,4-6H2,1-3H3,(H,12,15)(H,16,17). The molecule has 0 aromatic heterocycles. The SMILES string of the molecule is CNC(=O)C1COCCN1C(=O)N(C)C(C)C(=O)O. The Bertz CT molecular complexity index is 373. The van der Waals surface area contributed by atoms with Crippen LogP contribution in [-0.2, 0) is 14.3 Å². The van der Waals surface area contributed by atoms with Crippen molar-refractivity contribution in [2.24, 2.45) is 0 Å². The van der Waals surface area contributed by atoms with Crippen LogP contribution in [0.2, 0.25) is 0 Å². The number of amides is 3. The van der Waals surface area contributed by atoms with Gasteiger partial charge in [-0.25, -0.2) is 9.59 Å². The van der Waals surface area contributed by atoms with E-state index < -0.39 is 24.1 Å². The third kappa shape index (κ3) is 3.34. The van der Waals surface area contributed by atoms with Gasteiger partial charge in [-0.15, -0.1) is 0 Å². The first-order chi connectivity index (χ1) is 8.90. The topological polar surface area (TPSA) is 99.2 Å². The van der Waals surface area contributed by atoms with Crippen LogP contribution in [0.5, 0.6) is 0 Å². The summed E-state index contributed by atoms with van der Waals surface area (Å²) in [6.45, 7) is 2.11. The van der Waals surface area contributed by atoms with Crippen molar-refractivity contribution in [3.05, 3.63) is 0 Å². The minimum Gasteiger partial charge on any atom is -0.480 e. The Hall–Kier alpha value is -1.83. The van der Waals surface area contributed by atoms with E-state index in [1.165, 1.54) is 25.9 Å². The Morgan fingerprint density at radius 2 is 2.11 bits per heavy atom. The van der Waals surface area contributed by atoms with Crippen LogP contribution in [0.1, 0.15) is 6.92 Å². The maximum Gasteiger partial charge on any atom is 0.326 e. The van der Waals surface area contributed by atoms with E-state index in [0.29, 0.717) is 6.61 Å². The largest absolute Gasteiger partial charge is 0.480 e. The molecule has 2 unspecified atom stereocenters. The highest BCUT2D eigenvalue weighted by Gasteiger charge is 2.35. The summed E-state index contributed by atoms with van der Waals surface area (Å²) in [7, 11) is 2.88. The molecule has 0 bridgehead atoms. The number of morpholine rings is 1. The van der Waals surface area contributed by atoms with Crippen LogP contribution in [0.3, 0.4) is 0 Å². The zero-order chi connectivity index (χ0) is 14.6. The summed E-state index contributed by atoms with van der Waals surface area (Å²) in [4.78, 5) is 37.2. The number of ether oxygens (including phenoxy) is 1. The number of aliphatic carboxylic acids is 1. The van der Waals surface area contributed by atoms with Gasteiger partial charge in [0.1, 0.15) is 12.1 Å². The fourth-order valence-electron chi connectivity index (χ4n) is 1.75. The summed E-state index contributed by atoms with van der Waals surface area (Å²) in [6, 6.07) is -2.18. The van der Waals surface area contributed by atoms with E-state index in [0.717, 1.165) is 4.90 Å². The summed E-state index contributed by atoms with van der Waals surface area (Å²) in [5.41, 5.74) is 0. The van der Waals surface area contributed by atoms with Gasteiger partial charge in [-0.3, -0.25) is 4.79 Å². The Morgan fingerprint density at radius 3 is 2.63 bits per heavy atom. The lowest BCUT2D eigenvalue weighted by molar-refractivity contribution is -0.141. The summed E-state index contributed by atoms with van der Waals surface area (Å²) in [5, 5.41) is 11.4. The number of carbonyl (C=O) groups excluding carboxylic acids is 2. The average Bonchev–Trinajstić information content (AvgIpc) is 2.43. The van der Waals surface area contributed by atoms with Gasteiger partial charge in [-0.1, -0.05) is 0 Å². The molecule has 3 amide bonds. The maximum atomic E-state index is 12.2. The monoisotopic (exact) mass is 273 g/mol. The third-order valence-corrected chi connectivity index (χ3v) is 3.16. The normalized spacial score (nSPS) is 20.6. The van der Waals surface area contributed by atoms with Crippen molar-refractivity contribution in [1.82, 2.24) is 15.1 Å². The Balaban J connectivity index is 2.82. The first-order valence-electron chi connectivity index (χ1n) is 5.95. The highest BCUT2D eigenvalue weighted by atomic mass is 16.5. The lowest BCUT2D eigenvalue weighted by atomic mass is 10.2. The number of carboxylic acid groups (broad SMARTS) is 1. The summed E-state index contributed by atoms with van der Waals surface area (Å²) in [5.74, 6) is -1.43. The number of hydrogen-bond donors (Lipinski definition) is 2. The van der Waals surface area contributed by atoms with Crippen LogP contribution in [0.4, 0.5) is 4.79 Å². The summed E-state index contributed by atoms with van der Waals surface area (Å²) in [6.07, 6.45) is 0. The van der Waals surface area contributed by atoms with E-state index >= 15 is 0 Å². The van der Waals surface area contributed by atoms with Crippen LogP contribution in [0.25, 0.3) is 0 Å². The molecule has 19 heavy (non-hydrogen) atoms. The molecule has 1 rings (SSSR count). The van der Waals surface area contributed by atoms with Crippen molar-refractivity contribution in [2.75, 3.05) is 33.9 Å². The third-order valence-electron chi connectivity index (χ3n) is 3.16. The molecule has 2 N–H and O–H groups in total. The van der Waals surface area contributed by atoms with Crippen molar-refractivity contribution >= 4 is 17.9 Å². The van der Waals surface area contributed by atoms with E-state index in [4.69, 9.17) is 9.84 Å². The van der Waals surface area contributed by atoms with Crippen molar-refractivity contribution in [3.8, 4) is 0 Å². The van der Waals surface area contributed by atoms with Gasteiger partial charge in [-0.2, -0.15) is 0 Å². The van der Waals surface area contributed by atoms with Gasteiger partial charge < -0.3 is 25.0 Å². The number of carbonyl (C=O) groups is 3. The molecule has 1 fully saturated rings. The number of urea groups is 1. The molecule has 108 valence electrons. The Morgan fingerprint density at radius 1 is 1.47 bits per heavy atom. The molecule has 8 nitrogen and oxygen atoms in total. The molecule has 0 radical (unpaired) electrons. The number of nitrogens with zero attached hydrogens (tertiary/aromatic N) is 2. The van der Waals surface area contributed by atoms with E-state index in [2.05, 4.69) is 5.32 Å². The molecule has 0 spiro atoms. The highest BCUT2D eigenvalue weighted by Crippen LogP contribution is 2.11. The molecule has 0 saturated carbocycles. The molecule has 0 aromatic carbocycles. The molecular formula is C11H19N3O5. The van der Waals surface area contributed by atoms with Crippen molar-refractivity contribution < 1.29 is 24.2 Å². The molecule has 8 heteroatoms. The first kappa shape index (κ1) is 15.2. The van der Waals surface area contributed by atoms with Gasteiger partial charge in [0.15, 0.2) is 0 Å². The molecule has 1 aliphatic rings. The van der Waals surface area contributed by atoms with Gasteiger partial charge in [0, 0.05) is 20.6 Å². The molecule has 2 atom stereocenters. The highest BCUT2D eigenvalue weighted by molar-refractivity contribution is 5.88. The smallest absolute Gasteiger partial charge is 0.326 e. The maximum absolute atomic E-state index is 12.2. The first-order valence-corrected chi connectivity index (χ1v) is 5.95. The van der Waals surface area contributed by atoms with Gasteiger partial charge in [0.2, 0.25) is 5.91 Å². The number of likely N-dealkylation sites (N-methyl/N-ethyl adjacent to an activating group) is 2. The Kier molecular flexibility index (Phi) is 5.11. The zero-order valence-electron chi connectivity index (χ0n) is 11.3. The quantitative estimate of drug-likeness (QED) is 0.684. The molecule has 1 heterocycles. The summed E-state index contributed by atoms with van der Waals surface area (Å²) >= 11 is 0. The van der Waals surface area contributed by atoms with Gasteiger partial charge >= 0.3 is 12.0 Å². The van der Waals surface area contributed by atoms with Gasteiger partial charge in [0.25, 0.3) is 0 Å². The lowest BCUT2D eigenvalue weighted by Crippen LogP contribution is -2.59. The number of carboxylic acids is 1. The zero-order valence-corrected chi connectivity index (χ0v) is 11.3. The molecule has 1 saturated heterocycles. The molecule has 0 aromatic rings. The minimum absolute atomic E-state index is 0.112. The van der Waals surface area contributed by atoms with Crippen LogP contribution >= 0.6 is 0 Å². The number of rotatable bonds is 3. The second kappa shape index (κ2) is 6.37. The number of hydrogen-bond acceptors (Lipinski definition) is 4. The van der Waals surface area contributed by atoms with E-state index in [1.54, 1.807) is 0 Å².